The van der Waals surface area contributed by atoms with Crippen molar-refractivity contribution in [2.24, 2.45) is 0 Å². The summed E-state index contributed by atoms with van der Waals surface area (Å²) in [5.41, 5.74) is 1.40. The van der Waals surface area contributed by atoms with Gasteiger partial charge in [0.2, 0.25) is 5.91 Å². The molecule has 2 aromatic rings. The standard InChI is InChI=1S/C25H31NO6S/c1-6-8-15-31-19-12-9-18(10-13-19)11-14-20(27)26-23-21(24(28)30-7-2)17(5)22(33-23)25(29)32-16(3)4/h9-14,16H,6-8,15H2,1-5H3,(H,26,27)/b14-11+. The van der Waals surface area contributed by atoms with Crippen molar-refractivity contribution in [3.05, 3.63) is 51.9 Å². The molecule has 0 aliphatic carbocycles. The zero-order chi connectivity index (χ0) is 24.4. The van der Waals surface area contributed by atoms with Gasteiger partial charge in [0.1, 0.15) is 15.6 Å². The van der Waals surface area contributed by atoms with Gasteiger partial charge < -0.3 is 19.5 Å². The first-order valence-electron chi connectivity index (χ1n) is 11.0. The van der Waals surface area contributed by atoms with Crippen LogP contribution in [-0.2, 0) is 14.3 Å². The average molecular weight is 474 g/mol. The van der Waals surface area contributed by atoms with E-state index in [1.165, 1.54) is 6.08 Å². The number of anilines is 1. The van der Waals surface area contributed by atoms with Crippen LogP contribution >= 0.6 is 11.3 Å². The van der Waals surface area contributed by atoms with E-state index in [1.54, 1.807) is 33.8 Å². The first kappa shape index (κ1) is 26.1. The highest BCUT2D eigenvalue weighted by molar-refractivity contribution is 7.18. The topological polar surface area (TPSA) is 90.9 Å². The highest BCUT2D eigenvalue weighted by Crippen LogP contribution is 2.34. The zero-order valence-corrected chi connectivity index (χ0v) is 20.5. The van der Waals surface area contributed by atoms with E-state index in [9.17, 15) is 14.4 Å². The van der Waals surface area contributed by atoms with Crippen molar-refractivity contribution in [1.82, 2.24) is 0 Å². The van der Waals surface area contributed by atoms with E-state index in [0.29, 0.717) is 12.2 Å². The molecule has 2 rings (SSSR count). The van der Waals surface area contributed by atoms with Crippen molar-refractivity contribution in [3.8, 4) is 5.75 Å². The number of hydrogen-bond donors (Lipinski definition) is 1. The Morgan fingerprint density at radius 1 is 1.09 bits per heavy atom. The van der Waals surface area contributed by atoms with E-state index in [-0.39, 0.29) is 28.2 Å². The molecule has 0 aliphatic rings. The Hall–Kier alpha value is -3.13. The van der Waals surface area contributed by atoms with E-state index in [0.717, 1.165) is 35.5 Å². The monoisotopic (exact) mass is 473 g/mol. The highest BCUT2D eigenvalue weighted by Gasteiger charge is 2.27. The van der Waals surface area contributed by atoms with Gasteiger partial charge in [-0.25, -0.2) is 9.59 Å². The second-order valence-corrected chi connectivity index (χ2v) is 8.55. The van der Waals surface area contributed by atoms with Crippen molar-refractivity contribution >= 4 is 40.3 Å². The van der Waals surface area contributed by atoms with Gasteiger partial charge in [0.05, 0.1) is 24.9 Å². The first-order chi connectivity index (χ1) is 15.8. The number of carbonyl (C=O) groups excluding carboxylic acids is 3. The molecular weight excluding hydrogens is 442 g/mol. The van der Waals surface area contributed by atoms with Gasteiger partial charge >= 0.3 is 11.9 Å². The predicted octanol–water partition coefficient (Wildman–Crippen LogP) is 5.63. The van der Waals surface area contributed by atoms with Crippen molar-refractivity contribution in [1.29, 1.82) is 0 Å². The van der Waals surface area contributed by atoms with Crippen molar-refractivity contribution in [2.75, 3.05) is 18.5 Å². The lowest BCUT2D eigenvalue weighted by Gasteiger charge is -2.07. The minimum absolute atomic E-state index is 0.160. The Morgan fingerprint density at radius 2 is 1.79 bits per heavy atom. The molecule has 178 valence electrons. The lowest BCUT2D eigenvalue weighted by atomic mass is 10.1. The third-order valence-electron chi connectivity index (χ3n) is 4.47. The number of rotatable bonds is 11. The Morgan fingerprint density at radius 3 is 2.39 bits per heavy atom. The number of carbonyl (C=O) groups is 3. The molecule has 1 heterocycles. The van der Waals surface area contributed by atoms with Gasteiger partial charge in [-0.15, -0.1) is 11.3 Å². The smallest absolute Gasteiger partial charge is 0.348 e. The number of unbranched alkanes of at least 4 members (excludes halogenated alkanes) is 1. The first-order valence-corrected chi connectivity index (χ1v) is 11.8. The van der Waals surface area contributed by atoms with Crippen LogP contribution in [0.25, 0.3) is 6.08 Å². The molecule has 7 nitrogen and oxygen atoms in total. The van der Waals surface area contributed by atoms with Gasteiger partial charge in [-0.3, -0.25) is 4.79 Å². The summed E-state index contributed by atoms with van der Waals surface area (Å²) in [5, 5.41) is 2.94. The SMILES string of the molecule is CCCCOc1ccc(/C=C/C(=O)Nc2sc(C(=O)OC(C)C)c(C)c2C(=O)OCC)cc1. The third-order valence-corrected chi connectivity index (χ3v) is 5.65. The van der Waals surface area contributed by atoms with Crippen LogP contribution in [0.5, 0.6) is 5.75 Å². The summed E-state index contributed by atoms with van der Waals surface area (Å²) in [6, 6.07) is 7.40. The lowest BCUT2D eigenvalue weighted by Crippen LogP contribution is -2.13. The number of ether oxygens (including phenoxy) is 3. The highest BCUT2D eigenvalue weighted by atomic mass is 32.1. The molecule has 0 saturated carbocycles. The Labute approximate surface area is 198 Å². The fourth-order valence-corrected chi connectivity index (χ4v) is 3.93. The fourth-order valence-electron chi connectivity index (χ4n) is 2.85. The molecule has 0 bridgehead atoms. The maximum absolute atomic E-state index is 12.5. The number of amides is 1. The summed E-state index contributed by atoms with van der Waals surface area (Å²) in [7, 11) is 0. The van der Waals surface area contributed by atoms with E-state index in [2.05, 4.69) is 12.2 Å². The largest absolute Gasteiger partial charge is 0.494 e. The summed E-state index contributed by atoms with van der Waals surface area (Å²) < 4.78 is 16.0. The van der Waals surface area contributed by atoms with Gasteiger partial charge in [-0.2, -0.15) is 0 Å². The predicted molar refractivity (Wildman–Crippen MR) is 130 cm³/mol. The average Bonchev–Trinajstić information content (AvgIpc) is 3.09. The second kappa shape index (κ2) is 12.8. The van der Waals surface area contributed by atoms with Gasteiger partial charge in [-0.1, -0.05) is 25.5 Å². The Kier molecular flexibility index (Phi) is 10.1. The molecule has 0 saturated heterocycles. The zero-order valence-electron chi connectivity index (χ0n) is 19.7. The molecule has 0 atom stereocenters. The van der Waals surface area contributed by atoms with Gasteiger partial charge in [0, 0.05) is 6.08 Å². The Balaban J connectivity index is 2.16. The molecule has 0 radical (unpaired) electrons. The number of esters is 2. The fraction of sp³-hybridized carbons (Fsp3) is 0.400. The van der Waals surface area contributed by atoms with E-state index >= 15 is 0 Å². The molecule has 1 amide bonds. The van der Waals surface area contributed by atoms with Gasteiger partial charge in [0.25, 0.3) is 0 Å². The molecule has 1 N–H and O–H groups in total. The summed E-state index contributed by atoms with van der Waals surface area (Å²) >= 11 is 0.994. The van der Waals surface area contributed by atoms with E-state index < -0.39 is 17.8 Å². The molecule has 8 heteroatoms. The normalized spacial score (nSPS) is 11.0. The van der Waals surface area contributed by atoms with Crippen LogP contribution < -0.4 is 10.1 Å². The minimum atomic E-state index is -0.604. The molecule has 0 spiro atoms. The number of thiophene rings is 1. The summed E-state index contributed by atoms with van der Waals surface area (Å²) in [4.78, 5) is 37.7. The van der Waals surface area contributed by atoms with Crippen LogP contribution in [0.4, 0.5) is 5.00 Å². The van der Waals surface area contributed by atoms with Crippen molar-refractivity contribution in [3.63, 3.8) is 0 Å². The maximum Gasteiger partial charge on any atom is 0.348 e. The summed E-state index contributed by atoms with van der Waals surface area (Å²) in [6.07, 6.45) is 4.77. The summed E-state index contributed by atoms with van der Waals surface area (Å²) in [6.45, 7) is 9.75. The van der Waals surface area contributed by atoms with Gasteiger partial charge in [0.15, 0.2) is 0 Å². The molecule has 33 heavy (non-hydrogen) atoms. The van der Waals surface area contributed by atoms with Crippen LogP contribution in [0.3, 0.4) is 0 Å². The molecular formula is C25H31NO6S. The minimum Gasteiger partial charge on any atom is -0.494 e. The molecule has 0 fully saturated rings. The van der Waals surface area contributed by atoms with Crippen LogP contribution in [0.15, 0.2) is 30.3 Å². The van der Waals surface area contributed by atoms with E-state index in [4.69, 9.17) is 14.2 Å². The lowest BCUT2D eigenvalue weighted by molar-refractivity contribution is -0.111. The summed E-state index contributed by atoms with van der Waals surface area (Å²) in [5.74, 6) is -0.809. The molecule has 1 aromatic carbocycles. The number of hydrogen-bond acceptors (Lipinski definition) is 7. The molecule has 0 unspecified atom stereocenters. The quantitative estimate of drug-likeness (QED) is 0.258. The van der Waals surface area contributed by atoms with Crippen LogP contribution in [0, 0.1) is 6.92 Å². The number of benzene rings is 1. The van der Waals surface area contributed by atoms with Crippen molar-refractivity contribution in [2.45, 2.75) is 53.6 Å². The third kappa shape index (κ3) is 7.75. The van der Waals surface area contributed by atoms with Gasteiger partial charge in [-0.05, 0) is 63.5 Å². The molecule has 0 aliphatic heterocycles. The van der Waals surface area contributed by atoms with Crippen LogP contribution in [-0.4, -0.2) is 37.2 Å². The Bertz CT molecular complexity index is 991. The van der Waals surface area contributed by atoms with Crippen LogP contribution in [0.2, 0.25) is 0 Å². The maximum atomic E-state index is 12.5. The number of nitrogens with one attached hydrogen (secondary N) is 1. The van der Waals surface area contributed by atoms with E-state index in [1.807, 2.05) is 24.3 Å². The van der Waals surface area contributed by atoms with Crippen molar-refractivity contribution < 1.29 is 28.6 Å². The van der Waals surface area contributed by atoms with Crippen LogP contribution in [0.1, 0.15) is 71.7 Å². The second-order valence-electron chi connectivity index (χ2n) is 7.53. The molecule has 1 aromatic heterocycles.